The summed E-state index contributed by atoms with van der Waals surface area (Å²) < 4.78 is 0. The molecule has 0 radical (unpaired) electrons. The fourth-order valence-corrected chi connectivity index (χ4v) is 0. The van der Waals surface area contributed by atoms with Crippen molar-refractivity contribution < 1.29 is 126 Å². The van der Waals surface area contributed by atoms with E-state index in [4.69, 9.17) is 15.0 Å². The molecule has 6 heavy (non-hydrogen) atoms. The molecule has 0 atom stereocenters. The van der Waals surface area contributed by atoms with E-state index in [-0.39, 0.29) is 111 Å². The second kappa shape index (κ2) is 10.6. The molecule has 0 aromatic carbocycles. The van der Waals surface area contributed by atoms with Crippen LogP contribution in [0.1, 0.15) is 1.43 Å². The molecule has 0 aromatic heterocycles. The summed E-state index contributed by atoms with van der Waals surface area (Å²) in [5.74, 6) is 0. The number of hydrogen-bond acceptors (Lipinski definition) is 2. The SMILES string of the molecule is O=C([O-])O.[H-].[K+].[Rb+]. The van der Waals surface area contributed by atoms with Crippen LogP contribution in [0.25, 0.3) is 0 Å². The van der Waals surface area contributed by atoms with Gasteiger partial charge in [0, 0.05) is 0 Å². The van der Waals surface area contributed by atoms with Crippen molar-refractivity contribution in [3.05, 3.63) is 0 Å². The Bertz CT molecular complexity index is 37.9. The Labute approximate surface area is 128 Å². The van der Waals surface area contributed by atoms with Crippen molar-refractivity contribution in [2.24, 2.45) is 0 Å². The van der Waals surface area contributed by atoms with Gasteiger partial charge in [0.25, 0.3) is 0 Å². The first-order valence-corrected chi connectivity index (χ1v) is 0.632. The van der Waals surface area contributed by atoms with Gasteiger partial charge in [-0.2, -0.15) is 0 Å². The molecule has 0 amide bonds. The Hall–Kier alpha value is 2.71. The van der Waals surface area contributed by atoms with Gasteiger partial charge in [-0.05, 0) is 0 Å². The van der Waals surface area contributed by atoms with E-state index in [1.54, 1.807) is 0 Å². The van der Waals surface area contributed by atoms with Gasteiger partial charge in [0.2, 0.25) is 6.16 Å². The summed E-state index contributed by atoms with van der Waals surface area (Å²) in [6, 6.07) is 0. The zero-order valence-electron chi connectivity index (χ0n) is 4.76. The number of carbonyl (C=O) groups is 1. The first kappa shape index (κ1) is 15.9. The van der Waals surface area contributed by atoms with Crippen LogP contribution in [-0.4, -0.2) is 11.3 Å². The topological polar surface area (TPSA) is 60.4 Å². The van der Waals surface area contributed by atoms with Gasteiger partial charge in [-0.3, -0.25) is 0 Å². The monoisotopic (exact) mass is 186 g/mol. The second-order valence-corrected chi connectivity index (χ2v) is 0.266. The van der Waals surface area contributed by atoms with Crippen LogP contribution in [-0.2, 0) is 0 Å². The van der Waals surface area contributed by atoms with E-state index in [1.165, 1.54) is 0 Å². The first-order valence-electron chi connectivity index (χ1n) is 0.632. The normalized spacial score (nSPS) is 4.00. The van der Waals surface area contributed by atoms with Gasteiger partial charge in [0.1, 0.15) is 0 Å². The smallest absolute Gasteiger partial charge is 1.00 e. The van der Waals surface area contributed by atoms with Gasteiger partial charge < -0.3 is 16.4 Å². The molecular weight excluding hydrogens is 185 g/mol. The average molecular weight is 187 g/mol. The summed E-state index contributed by atoms with van der Waals surface area (Å²) in [5, 5.41) is 15.3. The maximum Gasteiger partial charge on any atom is 1.00 e. The summed E-state index contributed by atoms with van der Waals surface area (Å²) in [6.07, 6.45) is -2.08. The molecule has 0 aliphatic carbocycles. The molecule has 26 valence electrons. The molecule has 0 aliphatic heterocycles. The molecule has 3 nitrogen and oxygen atoms in total. The minimum atomic E-state index is -2.08. The molecule has 0 aliphatic rings. The molecule has 0 spiro atoms. The predicted molar refractivity (Wildman–Crippen MR) is 9.14 cm³/mol. The van der Waals surface area contributed by atoms with Gasteiger partial charge in [-0.1, -0.05) is 0 Å². The summed E-state index contributed by atoms with van der Waals surface area (Å²) in [6.45, 7) is 0. The standard InChI is InChI=1S/CH2O3.K.Rb.H/c2-1(3)4;;;/h(H2,2,3,4);;;/q;2*+1;-1/p-1. The number of rotatable bonds is 0. The van der Waals surface area contributed by atoms with Crippen molar-refractivity contribution in [1.82, 2.24) is 0 Å². The molecule has 0 rings (SSSR count). The Morgan fingerprint density at radius 2 is 1.83 bits per heavy atom. The fraction of sp³-hybridized carbons (Fsp3) is 0. The third-order valence-electron chi connectivity index (χ3n) is 0. The molecule has 0 fully saturated rings. The molecule has 0 heterocycles. The van der Waals surface area contributed by atoms with E-state index in [9.17, 15) is 0 Å². The maximum atomic E-state index is 8.44. The molecule has 0 saturated carbocycles. The Morgan fingerprint density at radius 3 is 1.83 bits per heavy atom. The van der Waals surface area contributed by atoms with E-state index in [0.29, 0.717) is 0 Å². The third-order valence-corrected chi connectivity index (χ3v) is 0. The zero-order valence-corrected chi connectivity index (χ0v) is 11.8. The van der Waals surface area contributed by atoms with Crippen molar-refractivity contribution in [3.8, 4) is 0 Å². The summed E-state index contributed by atoms with van der Waals surface area (Å²) in [5.41, 5.74) is 0. The van der Waals surface area contributed by atoms with Crippen molar-refractivity contribution in [3.63, 3.8) is 0 Å². The molecule has 0 aromatic rings. The van der Waals surface area contributed by atoms with Crippen LogP contribution in [0.5, 0.6) is 0 Å². The fourth-order valence-electron chi connectivity index (χ4n) is 0. The molecule has 5 heteroatoms. The maximum absolute atomic E-state index is 8.44. The first-order chi connectivity index (χ1) is 1.73. The minimum absolute atomic E-state index is 0. The van der Waals surface area contributed by atoms with Crippen LogP contribution < -0.4 is 115 Å². The molecule has 0 bridgehead atoms. The van der Waals surface area contributed by atoms with Crippen molar-refractivity contribution in [2.45, 2.75) is 0 Å². The second-order valence-electron chi connectivity index (χ2n) is 0.266. The van der Waals surface area contributed by atoms with Gasteiger partial charge in [-0.15, -0.1) is 0 Å². The van der Waals surface area contributed by atoms with Gasteiger partial charge >= 0.3 is 110 Å². The predicted octanol–water partition coefficient (Wildman–Crippen LogP) is -6.99. The minimum Gasteiger partial charge on any atom is -1.00 e. The van der Waals surface area contributed by atoms with Gasteiger partial charge in [0.05, 0.1) is 0 Å². The van der Waals surface area contributed by atoms with E-state index in [1.807, 2.05) is 0 Å². The third kappa shape index (κ3) is 29.8. The van der Waals surface area contributed by atoms with Crippen molar-refractivity contribution in [2.75, 3.05) is 0 Å². The van der Waals surface area contributed by atoms with Crippen LogP contribution in [0, 0.1) is 0 Å². The number of hydrogen-bond donors (Lipinski definition) is 1. The Morgan fingerprint density at radius 1 is 1.83 bits per heavy atom. The van der Waals surface area contributed by atoms with Crippen molar-refractivity contribution >= 4 is 6.16 Å². The summed E-state index contributed by atoms with van der Waals surface area (Å²) >= 11 is 0. The zero-order chi connectivity index (χ0) is 3.58. The molecule has 1 N–H and O–H groups in total. The Kier molecular flexibility index (Phi) is 28.2. The molecule has 0 saturated heterocycles. The molecular formula is CH2KO3Rb. The van der Waals surface area contributed by atoms with Crippen molar-refractivity contribution in [1.29, 1.82) is 0 Å². The van der Waals surface area contributed by atoms with Crippen LogP contribution in [0.15, 0.2) is 0 Å². The number of carboxylic acid groups (broad SMARTS) is 2. The van der Waals surface area contributed by atoms with E-state index < -0.39 is 6.16 Å². The summed E-state index contributed by atoms with van der Waals surface area (Å²) in [7, 11) is 0. The van der Waals surface area contributed by atoms with Crippen LogP contribution in [0.3, 0.4) is 0 Å². The van der Waals surface area contributed by atoms with Gasteiger partial charge in [0.15, 0.2) is 0 Å². The van der Waals surface area contributed by atoms with Gasteiger partial charge in [-0.25, -0.2) is 0 Å². The van der Waals surface area contributed by atoms with Crippen LogP contribution >= 0.6 is 0 Å². The largest absolute Gasteiger partial charge is 1.00 e. The van der Waals surface area contributed by atoms with Crippen LogP contribution in [0.4, 0.5) is 4.79 Å². The van der Waals surface area contributed by atoms with E-state index >= 15 is 0 Å². The van der Waals surface area contributed by atoms with Crippen LogP contribution in [0.2, 0.25) is 0 Å². The molecule has 0 unspecified atom stereocenters. The quantitative estimate of drug-likeness (QED) is 0.383. The Balaban J connectivity index is -0.0000000150. The van der Waals surface area contributed by atoms with E-state index in [2.05, 4.69) is 0 Å². The summed E-state index contributed by atoms with van der Waals surface area (Å²) in [4.78, 5) is 8.44. The average Bonchev–Trinajstić information content (AvgIpc) is 0.811. The van der Waals surface area contributed by atoms with E-state index in [0.717, 1.165) is 0 Å².